The molecule has 2 rings (SSSR count). The van der Waals surface area contributed by atoms with E-state index in [4.69, 9.17) is 9.47 Å². The van der Waals surface area contributed by atoms with Crippen LogP contribution in [0.25, 0.3) is 0 Å². The predicted octanol–water partition coefficient (Wildman–Crippen LogP) is 1.70. The Balaban J connectivity index is 0.000000467. The lowest BCUT2D eigenvalue weighted by molar-refractivity contribution is -0.309. The molecule has 0 fully saturated rings. The quantitative estimate of drug-likeness (QED) is 0.509. The fraction of sp³-hybridized carbons (Fsp3) is 0.238. The first-order chi connectivity index (χ1) is 14.1. The molecular formula is C21H21O9-. The third kappa shape index (κ3) is 8.42. The van der Waals surface area contributed by atoms with Crippen LogP contribution in [0.1, 0.15) is 41.5 Å². The molecule has 0 saturated carbocycles. The van der Waals surface area contributed by atoms with Gasteiger partial charge in [0.25, 0.3) is 0 Å². The number of carbonyl (C=O) groups excluding carboxylic acids is 4. The first-order valence-electron chi connectivity index (χ1n) is 8.59. The number of methoxy groups -OCH3 is 1. The fourth-order valence-electron chi connectivity index (χ4n) is 2.11. The number of hydrogen-bond acceptors (Lipinski definition) is 9. The molecule has 2 aromatic rings. The number of benzene rings is 2. The lowest BCUT2D eigenvalue weighted by atomic mass is 10.1. The average Bonchev–Trinajstić information content (AvgIpc) is 2.67. The lowest BCUT2D eigenvalue weighted by Crippen LogP contribution is -2.40. The van der Waals surface area contributed by atoms with Crippen LogP contribution in [-0.2, 0) is 23.8 Å². The Bertz CT molecular complexity index is 857. The van der Waals surface area contributed by atoms with Crippen molar-refractivity contribution in [2.24, 2.45) is 0 Å². The summed E-state index contributed by atoms with van der Waals surface area (Å²) in [7, 11) is 1.66. The van der Waals surface area contributed by atoms with Crippen LogP contribution in [-0.4, -0.2) is 37.0 Å². The Labute approximate surface area is 173 Å². The molecule has 0 bridgehead atoms. The normalized spacial score (nSPS) is 10.0. The summed E-state index contributed by atoms with van der Waals surface area (Å²) in [5.74, 6) is -5.35. The van der Waals surface area contributed by atoms with Crippen LogP contribution in [0, 0.1) is 0 Å². The highest BCUT2D eigenvalue weighted by atomic mass is 16.9. The maximum atomic E-state index is 11.9. The van der Waals surface area contributed by atoms with Crippen LogP contribution in [0.15, 0.2) is 54.6 Å². The monoisotopic (exact) mass is 417 g/mol. The fourth-order valence-corrected chi connectivity index (χ4v) is 2.11. The Morgan fingerprint density at radius 1 is 0.767 bits per heavy atom. The molecule has 0 aliphatic rings. The van der Waals surface area contributed by atoms with Crippen molar-refractivity contribution in [2.45, 2.75) is 26.7 Å². The first kappa shape index (κ1) is 24.2. The molecule has 9 nitrogen and oxygen atoms in total. The second-order valence-electron chi connectivity index (χ2n) is 5.82. The molecule has 0 aliphatic heterocycles. The van der Waals surface area contributed by atoms with Gasteiger partial charge in [0.2, 0.25) is 0 Å². The summed E-state index contributed by atoms with van der Waals surface area (Å²) < 4.78 is 19.1. The zero-order chi connectivity index (χ0) is 22.7. The largest absolute Gasteiger partial charge is 0.545 e. The number of hydrogen-bond donors (Lipinski definition) is 0. The van der Waals surface area contributed by atoms with Gasteiger partial charge in [0, 0.05) is 13.8 Å². The number of carboxylic acids is 1. The van der Waals surface area contributed by atoms with Crippen LogP contribution in [0.4, 0.5) is 0 Å². The molecule has 0 radical (unpaired) electrons. The molecule has 2 aromatic carbocycles. The molecule has 9 heteroatoms. The van der Waals surface area contributed by atoms with E-state index in [9.17, 15) is 24.3 Å². The van der Waals surface area contributed by atoms with Crippen molar-refractivity contribution in [1.82, 2.24) is 0 Å². The minimum absolute atomic E-state index is 0.0319. The van der Waals surface area contributed by atoms with Gasteiger partial charge in [0.05, 0.1) is 25.6 Å². The highest BCUT2D eigenvalue weighted by Gasteiger charge is 2.36. The van der Waals surface area contributed by atoms with E-state index in [-0.39, 0.29) is 11.1 Å². The SMILES string of the molecule is CC(=O)OC(C)(OC(C)=O)OC(=O)c1ccc(C(=O)[O-])cc1.COc1ccccc1. The van der Waals surface area contributed by atoms with Crippen molar-refractivity contribution in [3.8, 4) is 5.75 Å². The highest BCUT2D eigenvalue weighted by molar-refractivity contribution is 5.92. The van der Waals surface area contributed by atoms with E-state index in [1.165, 1.54) is 12.1 Å². The van der Waals surface area contributed by atoms with Crippen LogP contribution >= 0.6 is 0 Å². The van der Waals surface area contributed by atoms with Crippen LogP contribution in [0.5, 0.6) is 5.75 Å². The van der Waals surface area contributed by atoms with Gasteiger partial charge in [0.1, 0.15) is 5.75 Å². The number of carbonyl (C=O) groups is 4. The molecule has 0 unspecified atom stereocenters. The molecule has 0 amide bonds. The topological polar surface area (TPSA) is 128 Å². The van der Waals surface area contributed by atoms with E-state index in [0.29, 0.717) is 0 Å². The zero-order valence-corrected chi connectivity index (χ0v) is 16.9. The number of ether oxygens (including phenoxy) is 4. The van der Waals surface area contributed by atoms with Crippen LogP contribution < -0.4 is 9.84 Å². The summed E-state index contributed by atoms with van der Waals surface area (Å²) in [6.45, 7) is 3.16. The maximum absolute atomic E-state index is 11.9. The number of rotatable bonds is 6. The summed E-state index contributed by atoms with van der Waals surface area (Å²) in [4.78, 5) is 44.6. The highest BCUT2D eigenvalue weighted by Crippen LogP contribution is 2.18. The van der Waals surface area contributed by atoms with Crippen molar-refractivity contribution < 1.29 is 43.2 Å². The molecule has 0 atom stereocenters. The summed E-state index contributed by atoms with van der Waals surface area (Å²) >= 11 is 0. The van der Waals surface area contributed by atoms with E-state index in [0.717, 1.165) is 38.7 Å². The molecule has 160 valence electrons. The number of carboxylic acid groups (broad SMARTS) is 1. The van der Waals surface area contributed by atoms with Crippen molar-refractivity contribution in [1.29, 1.82) is 0 Å². The number of para-hydroxylation sites is 1. The van der Waals surface area contributed by atoms with Crippen LogP contribution in [0.3, 0.4) is 0 Å². The molecule has 0 aliphatic carbocycles. The summed E-state index contributed by atoms with van der Waals surface area (Å²) in [5, 5.41) is 10.6. The van der Waals surface area contributed by atoms with Gasteiger partial charge >= 0.3 is 23.9 Å². The van der Waals surface area contributed by atoms with Gasteiger partial charge in [-0.1, -0.05) is 30.3 Å². The average molecular weight is 417 g/mol. The predicted molar refractivity (Wildman–Crippen MR) is 101 cm³/mol. The first-order valence-corrected chi connectivity index (χ1v) is 8.59. The summed E-state index contributed by atoms with van der Waals surface area (Å²) in [6, 6.07) is 14.3. The number of aromatic carboxylic acids is 1. The lowest BCUT2D eigenvalue weighted by Gasteiger charge is -2.26. The summed E-state index contributed by atoms with van der Waals surface area (Å²) in [6.07, 6.45) is 0. The Morgan fingerprint density at radius 3 is 1.60 bits per heavy atom. The molecule has 30 heavy (non-hydrogen) atoms. The molecule has 0 aromatic heterocycles. The minimum Gasteiger partial charge on any atom is -0.545 e. The Kier molecular flexibility index (Phi) is 9.02. The third-order valence-electron chi connectivity index (χ3n) is 3.27. The zero-order valence-electron chi connectivity index (χ0n) is 16.9. The second kappa shape index (κ2) is 11.2. The molecule has 0 heterocycles. The molecule has 0 spiro atoms. The molecular weight excluding hydrogens is 396 g/mol. The molecule has 0 N–H and O–H groups in total. The van der Waals surface area contributed by atoms with Gasteiger partial charge in [0.15, 0.2) is 0 Å². The van der Waals surface area contributed by atoms with Gasteiger partial charge in [-0.05, 0) is 29.8 Å². The van der Waals surface area contributed by atoms with E-state index in [1.54, 1.807) is 7.11 Å². The van der Waals surface area contributed by atoms with Crippen molar-refractivity contribution in [3.63, 3.8) is 0 Å². The molecule has 0 saturated heterocycles. The van der Waals surface area contributed by atoms with E-state index in [1.807, 2.05) is 30.3 Å². The second-order valence-corrected chi connectivity index (χ2v) is 5.82. The van der Waals surface area contributed by atoms with Crippen molar-refractivity contribution >= 4 is 23.9 Å². The van der Waals surface area contributed by atoms with E-state index >= 15 is 0 Å². The Hall–Kier alpha value is -3.88. The summed E-state index contributed by atoms with van der Waals surface area (Å²) in [5.41, 5.74) is -0.158. The number of esters is 3. The van der Waals surface area contributed by atoms with Gasteiger partial charge in [-0.15, -0.1) is 0 Å². The van der Waals surface area contributed by atoms with Gasteiger partial charge < -0.3 is 28.8 Å². The third-order valence-corrected chi connectivity index (χ3v) is 3.27. The standard InChI is InChI=1S/C14H14O8.C7H8O/c1-8(15)20-14(3,21-9(2)16)22-13(19)11-6-4-10(5-7-11)12(17)18;1-8-7-5-3-2-4-6-7/h4-7H,1-3H3,(H,17,18);2-6H,1H3/p-1. The smallest absolute Gasteiger partial charge is 0.420 e. The van der Waals surface area contributed by atoms with Crippen molar-refractivity contribution in [2.75, 3.05) is 7.11 Å². The minimum atomic E-state index is -2.22. The van der Waals surface area contributed by atoms with E-state index < -0.39 is 29.9 Å². The van der Waals surface area contributed by atoms with Crippen molar-refractivity contribution in [3.05, 3.63) is 65.7 Å². The van der Waals surface area contributed by atoms with Gasteiger partial charge in [-0.25, -0.2) is 4.79 Å². The van der Waals surface area contributed by atoms with Crippen LogP contribution in [0.2, 0.25) is 0 Å². The van der Waals surface area contributed by atoms with Gasteiger partial charge in [-0.3, -0.25) is 9.59 Å². The maximum Gasteiger partial charge on any atom is 0.420 e. The van der Waals surface area contributed by atoms with E-state index in [2.05, 4.69) is 9.47 Å². The van der Waals surface area contributed by atoms with Gasteiger partial charge in [-0.2, -0.15) is 0 Å². The Morgan fingerprint density at radius 2 is 1.23 bits per heavy atom.